The summed E-state index contributed by atoms with van der Waals surface area (Å²) in [6.07, 6.45) is 78.8. The molecule has 12 nitrogen and oxygen atoms in total. The van der Waals surface area contributed by atoms with Crippen molar-refractivity contribution in [1.82, 2.24) is 0 Å². The first-order valence-electron chi connectivity index (χ1n) is 59.5. The van der Waals surface area contributed by atoms with E-state index in [1.54, 1.807) is 20.8 Å². The van der Waals surface area contributed by atoms with Gasteiger partial charge in [-0.15, -0.1) is 0 Å². The molecule has 0 spiro atoms. The highest BCUT2D eigenvalue weighted by atomic mass is 16.6. The second-order valence-electron chi connectivity index (χ2n) is 54.9. The molecule has 0 saturated heterocycles. The summed E-state index contributed by atoms with van der Waals surface area (Å²) in [4.78, 5) is 73.8. The largest absolute Gasteiger partial charge is 0.455 e. The number of hydrogen-bond donors (Lipinski definition) is 0. The predicted octanol–water partition coefficient (Wildman–Crippen LogP) is 33.0. The molecule has 0 amide bonds. The number of hydrogen-bond acceptors (Lipinski definition) is 12. The molecule has 0 N–H and O–H groups in total. The van der Waals surface area contributed by atoms with Crippen LogP contribution in [0.3, 0.4) is 0 Å². The standard InChI is InChI=1S/2C23H38O2.2C22H36O2.C19H28O2.C18H26O2/c1-7-16(4)8-9-17(5)23(25-21(24)15(2)3)19-10-18-11-20(23)14-22(6,12-18)13-19;1-5-6-7-8-9-10-11-23(25-21(24)17(2)3)19-12-18-13-20(23)16-22(4,14-18)15-19;1-6-15(3)8-9-16(4)22(24-20(23)7-2)18-10-17-11-19(22)14-21(5,12-17)13-18;1-4-6-7-8-9-10-11-22(24-20(23)5-2)18-12-17-13-19(22)16-21(3,14-17)15-18;1-12(2)18(20)21-19(15-5-3-4-6-15)16-8-13-7-14(10-16)11-17(19)9-13;1-2-17(19)20-18(14-5-3-4-6-14)15-8-12-7-13(10-15)11-16(18)9-12/h16-20H,2,7-14H2,1,3-6H3;18-20H,2,5-16H2,1,3-4H3;7,15-19H,2,6,8-14H2,1,3-5H3;5,17-19H,2,4,6-16H2,1,3H3;13-17H,1,3-11H2,2H3;2,12-16H,1,3-11H2. The summed E-state index contributed by atoms with van der Waals surface area (Å²) >= 11 is 0. The highest BCUT2D eigenvalue weighted by Crippen LogP contribution is 2.73. The predicted molar refractivity (Wildman–Crippen MR) is 564 cm³/mol. The van der Waals surface area contributed by atoms with Crippen LogP contribution in [0.25, 0.3) is 0 Å². The molecule has 0 aromatic rings. The second kappa shape index (κ2) is 45.1. The summed E-state index contributed by atoms with van der Waals surface area (Å²) < 4.78 is 37.7. The molecule has 12 unspecified atom stereocenters. The average Bonchev–Trinajstić information content (AvgIpc) is 1.23. The lowest BCUT2D eigenvalue weighted by molar-refractivity contribution is -0.238. The van der Waals surface area contributed by atoms with E-state index in [1.807, 2.05) is 0 Å². The molecular weight excluding hydrogens is 1720 g/mol. The first kappa shape index (κ1) is 108. The van der Waals surface area contributed by atoms with E-state index < -0.39 is 0 Å². The van der Waals surface area contributed by atoms with Crippen molar-refractivity contribution in [2.75, 3.05) is 0 Å². The van der Waals surface area contributed by atoms with Gasteiger partial charge < -0.3 is 28.4 Å². The fraction of sp³-hybridized carbons (Fsp3) is 0.858. The number of unbranched alkanes of at least 4 members (excludes halogenated alkanes) is 10. The van der Waals surface area contributed by atoms with Crippen molar-refractivity contribution in [2.45, 2.75) is 510 Å². The SMILES string of the molecule is C=C(C)C(=O)OC1(C(C)CCC(C)CC)C2CC3CC1CC(C)(C3)C2.C=C(C)C(=O)OC1(C2CCCC2)C2CC3CC(C2)CC1C3.C=C(C)C(=O)OC1(CCCCCCCC)C2CC3CC1CC(C)(C3)C2.C=CC(=O)OC1(C(C)CCC(C)CC)C2CC3CC1CC(C)(C3)C2.C=CC(=O)OC1(C2CCCC2)C2CC3CC(C2)CC1C3.C=CC(=O)OC1(CCCCCCCC)C2CC3CC1CC(C)(C3)C2. The summed E-state index contributed by atoms with van der Waals surface area (Å²) in [5, 5.41) is 0. The molecule has 0 aromatic carbocycles. The Bertz CT molecular complexity index is 4130. The van der Waals surface area contributed by atoms with Crippen LogP contribution in [0.15, 0.2) is 74.4 Å². The lowest BCUT2D eigenvalue weighted by Crippen LogP contribution is -2.64. The first-order chi connectivity index (χ1) is 66.2. The van der Waals surface area contributed by atoms with Gasteiger partial charge in [-0.1, -0.05) is 238 Å². The van der Waals surface area contributed by atoms with Gasteiger partial charge >= 0.3 is 35.8 Å². The monoisotopic (exact) mass is 1920 g/mol. The number of esters is 6. The molecule has 0 aliphatic heterocycles. The van der Waals surface area contributed by atoms with Crippen molar-refractivity contribution >= 4 is 35.8 Å². The van der Waals surface area contributed by atoms with Gasteiger partial charge in [0.2, 0.25) is 0 Å². The van der Waals surface area contributed by atoms with E-state index in [2.05, 4.69) is 123 Å². The van der Waals surface area contributed by atoms with Gasteiger partial charge in [0.1, 0.15) is 33.6 Å². The fourth-order valence-corrected chi connectivity index (χ4v) is 39.2. The molecular formula is C127H202O12. The topological polar surface area (TPSA) is 158 Å². The smallest absolute Gasteiger partial charge is 0.333 e. The minimum absolute atomic E-state index is 0.116. The molecule has 12 heteroatoms. The Morgan fingerprint density at radius 2 is 0.547 bits per heavy atom. The third kappa shape index (κ3) is 22.8. The molecule has 26 rings (SSSR count). The van der Waals surface area contributed by atoms with E-state index in [4.69, 9.17) is 28.4 Å². The number of carbonyl (C=O) groups is 6. The van der Waals surface area contributed by atoms with Gasteiger partial charge in [-0.05, 0) is 429 Å². The van der Waals surface area contributed by atoms with Crippen molar-refractivity contribution in [3.8, 4) is 0 Å². The Hall–Kier alpha value is -4.74. The van der Waals surface area contributed by atoms with Crippen LogP contribution in [0.5, 0.6) is 0 Å². The quantitative estimate of drug-likeness (QED) is 0.0250. The Morgan fingerprint density at radius 1 is 0.288 bits per heavy atom. The van der Waals surface area contributed by atoms with Crippen LogP contribution in [0.2, 0.25) is 0 Å². The molecule has 26 aliphatic carbocycles. The summed E-state index contributed by atoms with van der Waals surface area (Å²) in [5.41, 5.74) is 2.63. The fourth-order valence-electron chi connectivity index (χ4n) is 39.2. The molecule has 139 heavy (non-hydrogen) atoms. The molecule has 0 aromatic heterocycles. The van der Waals surface area contributed by atoms with Crippen LogP contribution in [0, 0.1) is 176 Å². The minimum atomic E-state index is -0.236. The van der Waals surface area contributed by atoms with E-state index >= 15 is 0 Å². The Kier molecular flexibility index (Phi) is 35.2. The third-order valence-corrected chi connectivity index (χ3v) is 44.3. The number of rotatable bonds is 38. The molecule has 0 heterocycles. The first-order valence-corrected chi connectivity index (χ1v) is 59.5. The molecule has 12 atom stereocenters. The molecule has 26 saturated carbocycles. The highest BCUT2D eigenvalue weighted by molar-refractivity contribution is 5.88. The molecule has 24 bridgehead atoms. The Balaban J connectivity index is 0.000000126. The molecule has 782 valence electrons. The average molecular weight is 1920 g/mol. The van der Waals surface area contributed by atoms with Gasteiger partial charge in [0.15, 0.2) is 0 Å². The zero-order chi connectivity index (χ0) is 99.6. The summed E-state index contributed by atoms with van der Waals surface area (Å²) in [7, 11) is 0. The van der Waals surface area contributed by atoms with Crippen molar-refractivity contribution in [3.63, 3.8) is 0 Å². The minimum Gasteiger partial charge on any atom is -0.455 e. The molecule has 0 radical (unpaired) electrons. The van der Waals surface area contributed by atoms with Crippen LogP contribution in [0.1, 0.15) is 476 Å². The maximum atomic E-state index is 12.6. The maximum Gasteiger partial charge on any atom is 0.333 e. The summed E-state index contributed by atoms with van der Waals surface area (Å²) in [6, 6.07) is 0. The van der Waals surface area contributed by atoms with Crippen LogP contribution in [0.4, 0.5) is 0 Å². The second-order valence-corrected chi connectivity index (χ2v) is 54.9. The zero-order valence-corrected chi connectivity index (χ0v) is 91.4. The molecule has 26 aliphatic rings. The summed E-state index contributed by atoms with van der Waals surface area (Å²) in [6.45, 7) is 56.2. The lowest BCUT2D eigenvalue weighted by atomic mass is 9.43. The van der Waals surface area contributed by atoms with Crippen molar-refractivity contribution in [1.29, 1.82) is 0 Å². The van der Waals surface area contributed by atoms with Crippen LogP contribution in [-0.2, 0) is 57.2 Å². The van der Waals surface area contributed by atoms with Gasteiger partial charge in [0, 0.05) is 58.6 Å². The Morgan fingerprint density at radius 3 is 0.856 bits per heavy atom. The normalized spacial score (nSPS) is 42.2. The van der Waals surface area contributed by atoms with Crippen LogP contribution >= 0.6 is 0 Å². The van der Waals surface area contributed by atoms with Gasteiger partial charge in [-0.3, -0.25) is 0 Å². The van der Waals surface area contributed by atoms with Crippen molar-refractivity contribution in [3.05, 3.63) is 74.4 Å². The van der Waals surface area contributed by atoms with E-state index in [-0.39, 0.29) is 69.4 Å². The molecule has 26 fully saturated rings. The van der Waals surface area contributed by atoms with Gasteiger partial charge in [0.25, 0.3) is 0 Å². The van der Waals surface area contributed by atoms with Crippen LogP contribution in [-0.4, -0.2) is 69.4 Å². The van der Waals surface area contributed by atoms with Gasteiger partial charge in [-0.2, -0.15) is 0 Å². The van der Waals surface area contributed by atoms with Crippen LogP contribution < -0.4 is 0 Å². The highest BCUT2D eigenvalue weighted by Gasteiger charge is 2.70. The number of carbonyl (C=O) groups excluding carboxylic acids is 6. The van der Waals surface area contributed by atoms with Gasteiger partial charge in [-0.25, -0.2) is 28.8 Å². The zero-order valence-electron chi connectivity index (χ0n) is 91.4. The van der Waals surface area contributed by atoms with Gasteiger partial charge in [0.05, 0.1) is 0 Å². The third-order valence-electron chi connectivity index (χ3n) is 44.3. The van der Waals surface area contributed by atoms with Crippen molar-refractivity contribution in [2.24, 2.45) is 176 Å². The van der Waals surface area contributed by atoms with E-state index in [1.165, 1.54) is 378 Å². The summed E-state index contributed by atoms with van der Waals surface area (Å²) in [5.74, 6) is 17.0. The lowest BCUT2D eigenvalue weighted by Gasteiger charge is -2.65. The van der Waals surface area contributed by atoms with E-state index in [9.17, 15) is 28.8 Å². The number of ether oxygens (including phenoxy) is 6. The van der Waals surface area contributed by atoms with E-state index in [0.29, 0.717) is 133 Å². The maximum absolute atomic E-state index is 12.6. The van der Waals surface area contributed by atoms with Crippen molar-refractivity contribution < 1.29 is 57.2 Å². The Labute approximate surface area is 847 Å². The van der Waals surface area contributed by atoms with E-state index in [0.717, 1.165) is 72.0 Å².